The number of benzene rings is 1. The van der Waals surface area contributed by atoms with Crippen molar-refractivity contribution in [1.82, 2.24) is 5.01 Å². The third-order valence-electron chi connectivity index (χ3n) is 6.73. The highest BCUT2D eigenvalue weighted by atomic mass is 28.3. The largest absolute Gasteiger partial charge is 0.483 e. The highest BCUT2D eigenvalue weighted by Gasteiger charge is 2.39. The van der Waals surface area contributed by atoms with E-state index in [2.05, 4.69) is 55.6 Å². The summed E-state index contributed by atoms with van der Waals surface area (Å²) in [5.74, 6) is 2.21. The Bertz CT molecular complexity index is 884. The third kappa shape index (κ3) is 4.81. The van der Waals surface area contributed by atoms with Crippen molar-refractivity contribution in [3.8, 4) is 5.75 Å². The van der Waals surface area contributed by atoms with E-state index < -0.39 is 8.07 Å². The molecule has 0 aliphatic carbocycles. The minimum atomic E-state index is -1.17. The Morgan fingerprint density at radius 1 is 1.19 bits per heavy atom. The fourth-order valence-electron chi connectivity index (χ4n) is 4.64. The molecule has 3 heterocycles. The van der Waals surface area contributed by atoms with Gasteiger partial charge < -0.3 is 19.3 Å². The maximum absolute atomic E-state index is 13.1. The van der Waals surface area contributed by atoms with Gasteiger partial charge in [-0.3, -0.25) is 4.79 Å². The first-order chi connectivity index (χ1) is 15.1. The average Bonchev–Trinajstić information content (AvgIpc) is 2.74. The number of amides is 1. The van der Waals surface area contributed by atoms with Crippen LogP contribution in [0.25, 0.3) is 0 Å². The van der Waals surface area contributed by atoms with E-state index in [-0.39, 0.29) is 18.7 Å². The summed E-state index contributed by atoms with van der Waals surface area (Å²) in [7, 11) is -1.17. The molecule has 8 heteroatoms. The SMILES string of the molecule is CC1C(=O)N(COCC[Si](C)(C)C)N=C2COc3ccc(N4C[C@H](C)CC[C@H]4C)cc3N21. The van der Waals surface area contributed by atoms with Crippen molar-refractivity contribution in [2.75, 3.05) is 36.3 Å². The number of fused-ring (bicyclic) bond motifs is 3. The number of carbonyl (C=O) groups is 1. The zero-order valence-electron chi connectivity index (χ0n) is 20.4. The highest BCUT2D eigenvalue weighted by Crippen LogP contribution is 2.40. The predicted octanol–water partition coefficient (Wildman–Crippen LogP) is 4.37. The standard InChI is InChI=1S/C24H38N4O3Si/c1-17-7-8-18(2)26(14-17)20-9-10-22-21(13-20)28-19(3)24(29)27(25-23(28)15-31-22)16-30-11-12-32(4,5)6/h9-10,13,17-19H,7-8,11-12,14-16H2,1-6H3/t17-,18-,19?/m1/s1. The van der Waals surface area contributed by atoms with Crippen LogP contribution < -0.4 is 14.5 Å². The summed E-state index contributed by atoms with van der Waals surface area (Å²) < 4.78 is 11.8. The Morgan fingerprint density at radius 2 is 1.97 bits per heavy atom. The van der Waals surface area contributed by atoms with E-state index in [0.29, 0.717) is 25.2 Å². The molecule has 1 amide bonds. The quantitative estimate of drug-likeness (QED) is 0.468. The van der Waals surface area contributed by atoms with Crippen LogP contribution in [0.5, 0.6) is 5.75 Å². The topological polar surface area (TPSA) is 57.6 Å². The van der Waals surface area contributed by atoms with Gasteiger partial charge >= 0.3 is 0 Å². The normalized spacial score (nSPS) is 25.8. The predicted molar refractivity (Wildman–Crippen MR) is 132 cm³/mol. The van der Waals surface area contributed by atoms with Gasteiger partial charge in [0.2, 0.25) is 0 Å². The van der Waals surface area contributed by atoms with Crippen molar-refractivity contribution in [3.05, 3.63) is 18.2 Å². The molecule has 0 aromatic heterocycles. The number of hydrogen-bond donors (Lipinski definition) is 0. The highest BCUT2D eigenvalue weighted by molar-refractivity contribution is 6.76. The first-order valence-electron chi connectivity index (χ1n) is 11.9. The summed E-state index contributed by atoms with van der Waals surface area (Å²) >= 11 is 0. The summed E-state index contributed by atoms with van der Waals surface area (Å²) in [5.41, 5.74) is 2.11. The summed E-state index contributed by atoms with van der Waals surface area (Å²) in [5, 5.41) is 6.08. The summed E-state index contributed by atoms with van der Waals surface area (Å²) in [6, 6.07) is 7.58. The van der Waals surface area contributed by atoms with Crippen molar-refractivity contribution in [3.63, 3.8) is 0 Å². The Kier molecular flexibility index (Phi) is 6.54. The molecule has 0 bridgehead atoms. The van der Waals surface area contributed by atoms with Crippen LogP contribution in [0.3, 0.4) is 0 Å². The molecule has 1 unspecified atom stereocenters. The lowest BCUT2D eigenvalue weighted by Crippen LogP contribution is -2.57. The first kappa shape index (κ1) is 23.1. The van der Waals surface area contributed by atoms with Gasteiger partial charge in [-0.15, -0.1) is 0 Å². The molecule has 32 heavy (non-hydrogen) atoms. The molecule has 3 aliphatic rings. The average molecular weight is 459 g/mol. The number of amidine groups is 1. The molecule has 7 nitrogen and oxygen atoms in total. The fraction of sp³-hybridized carbons (Fsp3) is 0.667. The van der Waals surface area contributed by atoms with Gasteiger partial charge in [0.15, 0.2) is 5.84 Å². The van der Waals surface area contributed by atoms with Gasteiger partial charge in [0.05, 0.1) is 5.69 Å². The molecule has 0 radical (unpaired) electrons. The van der Waals surface area contributed by atoms with Crippen LogP contribution in [0.2, 0.25) is 25.7 Å². The number of nitrogens with zero attached hydrogens (tertiary/aromatic N) is 4. The summed E-state index contributed by atoms with van der Waals surface area (Å²) in [6.45, 7) is 15.8. The number of rotatable bonds is 6. The van der Waals surface area contributed by atoms with Crippen molar-refractivity contribution in [1.29, 1.82) is 0 Å². The molecule has 3 aliphatic heterocycles. The van der Waals surface area contributed by atoms with E-state index in [1.54, 1.807) is 0 Å². The van der Waals surface area contributed by atoms with E-state index in [4.69, 9.17) is 9.47 Å². The van der Waals surface area contributed by atoms with Crippen molar-refractivity contribution >= 4 is 31.2 Å². The zero-order valence-corrected chi connectivity index (χ0v) is 21.4. The fourth-order valence-corrected chi connectivity index (χ4v) is 5.40. The number of hydrazone groups is 1. The molecule has 1 fully saturated rings. The molecule has 3 atom stereocenters. The second-order valence-electron chi connectivity index (χ2n) is 10.8. The molecule has 1 aromatic carbocycles. The second-order valence-corrected chi connectivity index (χ2v) is 16.4. The number of ether oxygens (including phenoxy) is 2. The van der Waals surface area contributed by atoms with Crippen LogP contribution in [0.4, 0.5) is 11.4 Å². The Balaban J connectivity index is 1.54. The molecule has 1 aromatic rings. The maximum Gasteiger partial charge on any atom is 0.267 e. The van der Waals surface area contributed by atoms with E-state index in [1.807, 2.05) is 17.9 Å². The molecule has 0 saturated carbocycles. The van der Waals surface area contributed by atoms with Crippen LogP contribution >= 0.6 is 0 Å². The third-order valence-corrected chi connectivity index (χ3v) is 8.44. The van der Waals surface area contributed by atoms with Crippen LogP contribution in [0, 0.1) is 5.92 Å². The van der Waals surface area contributed by atoms with Crippen molar-refractivity contribution in [2.24, 2.45) is 11.0 Å². The maximum atomic E-state index is 13.1. The van der Waals surface area contributed by atoms with Crippen LogP contribution in [-0.2, 0) is 9.53 Å². The van der Waals surface area contributed by atoms with Crippen LogP contribution in [0.1, 0.15) is 33.6 Å². The smallest absolute Gasteiger partial charge is 0.267 e. The van der Waals surface area contributed by atoms with Gasteiger partial charge in [-0.05, 0) is 56.9 Å². The lowest BCUT2D eigenvalue weighted by atomic mass is 9.94. The molecule has 4 rings (SSSR count). The van der Waals surface area contributed by atoms with Gasteiger partial charge in [0.1, 0.15) is 25.1 Å². The van der Waals surface area contributed by atoms with E-state index in [9.17, 15) is 4.79 Å². The first-order valence-corrected chi connectivity index (χ1v) is 15.6. The van der Waals surface area contributed by atoms with Crippen LogP contribution in [-0.4, -0.2) is 63.4 Å². The van der Waals surface area contributed by atoms with Gasteiger partial charge in [-0.25, -0.2) is 5.01 Å². The number of hydrogen-bond acceptors (Lipinski definition) is 6. The molecule has 0 spiro atoms. The van der Waals surface area contributed by atoms with E-state index in [0.717, 1.165) is 29.9 Å². The van der Waals surface area contributed by atoms with Gasteiger partial charge in [0.25, 0.3) is 5.91 Å². The molecule has 176 valence electrons. The minimum Gasteiger partial charge on any atom is -0.483 e. The second kappa shape index (κ2) is 9.06. The Morgan fingerprint density at radius 3 is 2.72 bits per heavy atom. The molecular weight excluding hydrogens is 420 g/mol. The Hall–Kier alpha value is -2.06. The minimum absolute atomic E-state index is 0.0417. The van der Waals surface area contributed by atoms with E-state index in [1.165, 1.54) is 23.5 Å². The van der Waals surface area contributed by atoms with Crippen LogP contribution in [0.15, 0.2) is 23.3 Å². The molecular formula is C24H38N4O3Si. The van der Waals surface area contributed by atoms with Crippen molar-refractivity contribution in [2.45, 2.75) is 71.4 Å². The zero-order chi connectivity index (χ0) is 23.0. The van der Waals surface area contributed by atoms with Crippen molar-refractivity contribution < 1.29 is 14.3 Å². The number of anilines is 2. The van der Waals surface area contributed by atoms with Gasteiger partial charge in [-0.2, -0.15) is 5.10 Å². The summed E-state index contributed by atoms with van der Waals surface area (Å²) in [6.07, 6.45) is 2.47. The molecule has 1 saturated heterocycles. The lowest BCUT2D eigenvalue weighted by molar-refractivity contribution is -0.138. The summed E-state index contributed by atoms with van der Waals surface area (Å²) in [4.78, 5) is 17.6. The monoisotopic (exact) mass is 458 g/mol. The lowest BCUT2D eigenvalue weighted by Gasteiger charge is -2.42. The molecule has 0 N–H and O–H groups in total. The Labute approximate surface area is 193 Å². The van der Waals surface area contributed by atoms with Gasteiger partial charge in [-0.1, -0.05) is 26.6 Å². The van der Waals surface area contributed by atoms with E-state index >= 15 is 0 Å². The number of carbonyl (C=O) groups excluding carboxylic acids is 1. The number of piperidine rings is 1. The van der Waals surface area contributed by atoms with Gasteiger partial charge in [0, 0.05) is 33.0 Å².